The number of carbonyl (C=O) groups excluding carboxylic acids is 3. The van der Waals surface area contributed by atoms with Gasteiger partial charge in [0, 0.05) is 19.3 Å². The third-order valence-electron chi connectivity index (χ3n) is 11.8. The van der Waals surface area contributed by atoms with E-state index >= 15 is 0 Å². The third kappa shape index (κ3) is 50.2. The van der Waals surface area contributed by atoms with E-state index < -0.39 is 6.10 Å². The van der Waals surface area contributed by atoms with E-state index in [4.69, 9.17) is 14.2 Å². The average molecular weight is 883 g/mol. The number of carbonyl (C=O) groups is 3. The summed E-state index contributed by atoms with van der Waals surface area (Å²) in [5, 5.41) is 0. The zero-order valence-electron chi connectivity index (χ0n) is 41.8. The van der Waals surface area contributed by atoms with E-state index in [1.54, 1.807) is 0 Å². The van der Waals surface area contributed by atoms with E-state index in [2.05, 4.69) is 69.4 Å². The highest BCUT2D eigenvalue weighted by atomic mass is 16.6. The predicted molar refractivity (Wildman–Crippen MR) is 270 cm³/mol. The summed E-state index contributed by atoms with van der Waals surface area (Å²) in [5.41, 5.74) is 0. The van der Waals surface area contributed by atoms with E-state index in [1.165, 1.54) is 148 Å². The van der Waals surface area contributed by atoms with Crippen LogP contribution in [0, 0.1) is 0 Å². The van der Waals surface area contributed by atoms with Crippen LogP contribution >= 0.6 is 0 Å². The average Bonchev–Trinajstić information content (AvgIpc) is 3.28. The van der Waals surface area contributed by atoms with Crippen LogP contribution in [0.3, 0.4) is 0 Å². The Morgan fingerprint density at radius 3 is 0.937 bits per heavy atom. The van der Waals surface area contributed by atoms with Gasteiger partial charge in [0.05, 0.1) is 0 Å². The van der Waals surface area contributed by atoms with Gasteiger partial charge in [-0.25, -0.2) is 0 Å². The molecule has 0 N–H and O–H groups in total. The highest BCUT2D eigenvalue weighted by Gasteiger charge is 2.19. The topological polar surface area (TPSA) is 78.9 Å². The van der Waals surface area contributed by atoms with Crippen molar-refractivity contribution in [3.8, 4) is 0 Å². The molecule has 6 heteroatoms. The van der Waals surface area contributed by atoms with Crippen molar-refractivity contribution in [2.24, 2.45) is 0 Å². The van der Waals surface area contributed by atoms with Gasteiger partial charge in [-0.3, -0.25) is 14.4 Å². The molecule has 0 aliphatic carbocycles. The molecule has 0 radical (unpaired) electrons. The summed E-state index contributed by atoms with van der Waals surface area (Å²) < 4.78 is 16.8. The monoisotopic (exact) mass is 883 g/mol. The number of ether oxygens (including phenoxy) is 3. The number of hydrogen-bond donors (Lipinski definition) is 0. The molecule has 0 aromatic heterocycles. The summed E-state index contributed by atoms with van der Waals surface area (Å²) in [6.45, 7) is 6.59. The van der Waals surface area contributed by atoms with Gasteiger partial charge in [-0.1, -0.05) is 204 Å². The first-order chi connectivity index (χ1) is 31.0. The molecule has 0 aliphatic rings. The number of esters is 3. The van der Waals surface area contributed by atoms with Crippen molar-refractivity contribution in [3.63, 3.8) is 0 Å². The molecule has 0 amide bonds. The van der Waals surface area contributed by atoms with Crippen molar-refractivity contribution in [1.82, 2.24) is 0 Å². The van der Waals surface area contributed by atoms with Crippen molar-refractivity contribution in [1.29, 1.82) is 0 Å². The minimum absolute atomic E-state index is 0.0827. The lowest BCUT2D eigenvalue weighted by Crippen LogP contribution is -2.30. The standard InChI is InChI=1S/C57H102O6/c1-4-7-10-13-16-19-22-25-27-28-30-32-35-38-41-44-47-50-56(59)62-53-54(52-61-55(58)49-46-43-40-37-34-31-24-21-18-15-12-9-6-3)63-57(60)51-48-45-42-39-36-33-29-26-23-20-17-14-11-8-5-2/h17,20-21,24-27,29,54H,4-16,18-19,22-23,28,30-53H2,1-3H3/b20-17-,24-21-,27-25-,29-26-/t54-/m1/s1. The van der Waals surface area contributed by atoms with Crippen LogP contribution in [0.2, 0.25) is 0 Å². The number of allylic oxidation sites excluding steroid dienone is 8. The van der Waals surface area contributed by atoms with Crippen LogP contribution in [0.25, 0.3) is 0 Å². The van der Waals surface area contributed by atoms with Crippen molar-refractivity contribution in [3.05, 3.63) is 48.6 Å². The largest absolute Gasteiger partial charge is 0.462 e. The normalized spacial score (nSPS) is 12.4. The first-order valence-corrected chi connectivity index (χ1v) is 27.1. The van der Waals surface area contributed by atoms with E-state index in [-0.39, 0.29) is 31.1 Å². The molecule has 366 valence electrons. The maximum atomic E-state index is 12.8. The Hall–Kier alpha value is -2.63. The number of hydrogen-bond acceptors (Lipinski definition) is 6. The van der Waals surface area contributed by atoms with E-state index in [0.29, 0.717) is 19.3 Å². The maximum absolute atomic E-state index is 12.8. The summed E-state index contributed by atoms with van der Waals surface area (Å²) in [6.07, 6.45) is 62.3. The molecule has 0 saturated heterocycles. The summed E-state index contributed by atoms with van der Waals surface area (Å²) in [6, 6.07) is 0. The van der Waals surface area contributed by atoms with Gasteiger partial charge >= 0.3 is 17.9 Å². The molecule has 0 heterocycles. The lowest BCUT2D eigenvalue weighted by Gasteiger charge is -2.18. The highest BCUT2D eigenvalue weighted by Crippen LogP contribution is 2.14. The van der Waals surface area contributed by atoms with Crippen LogP contribution in [-0.4, -0.2) is 37.2 Å². The number of unbranched alkanes of at least 4 members (excludes halogenated alkanes) is 30. The van der Waals surface area contributed by atoms with Crippen LogP contribution in [0.1, 0.15) is 278 Å². The first-order valence-electron chi connectivity index (χ1n) is 27.1. The molecule has 0 spiro atoms. The molecule has 6 nitrogen and oxygen atoms in total. The smallest absolute Gasteiger partial charge is 0.306 e. The third-order valence-corrected chi connectivity index (χ3v) is 11.8. The lowest BCUT2D eigenvalue weighted by molar-refractivity contribution is -0.167. The minimum Gasteiger partial charge on any atom is -0.462 e. The molecule has 0 fully saturated rings. The second-order valence-electron chi connectivity index (χ2n) is 18.1. The van der Waals surface area contributed by atoms with Gasteiger partial charge in [-0.15, -0.1) is 0 Å². The van der Waals surface area contributed by atoms with Crippen LogP contribution in [0.15, 0.2) is 48.6 Å². The molecule has 0 bridgehead atoms. The molecule has 0 saturated carbocycles. The SMILES string of the molecule is CCCCC/C=C\C/C=C\CCCCCCCC(=O)O[C@H](COC(=O)CCCCCCC/C=C\CCCCCC)COC(=O)CCCCCCCCC/C=C\CCCCCCCC. The fraction of sp³-hybridized carbons (Fsp3) is 0.807. The van der Waals surface area contributed by atoms with Crippen LogP contribution in [0.5, 0.6) is 0 Å². The molecular weight excluding hydrogens is 781 g/mol. The Morgan fingerprint density at radius 2 is 0.571 bits per heavy atom. The van der Waals surface area contributed by atoms with Gasteiger partial charge in [0.1, 0.15) is 13.2 Å². The van der Waals surface area contributed by atoms with Crippen LogP contribution < -0.4 is 0 Å². The summed E-state index contributed by atoms with van der Waals surface area (Å²) in [5.74, 6) is -0.901. The molecule has 63 heavy (non-hydrogen) atoms. The second-order valence-corrected chi connectivity index (χ2v) is 18.1. The molecule has 0 aromatic rings. The van der Waals surface area contributed by atoms with Gasteiger partial charge in [0.15, 0.2) is 6.10 Å². The summed E-state index contributed by atoms with van der Waals surface area (Å²) in [4.78, 5) is 38.0. The zero-order chi connectivity index (χ0) is 45.8. The molecular formula is C57H102O6. The van der Waals surface area contributed by atoms with Crippen molar-refractivity contribution >= 4 is 17.9 Å². The Bertz CT molecular complexity index is 1110. The zero-order valence-corrected chi connectivity index (χ0v) is 41.8. The maximum Gasteiger partial charge on any atom is 0.306 e. The van der Waals surface area contributed by atoms with Crippen molar-refractivity contribution < 1.29 is 28.6 Å². The van der Waals surface area contributed by atoms with Gasteiger partial charge in [0.2, 0.25) is 0 Å². The molecule has 0 aromatic carbocycles. The Balaban J connectivity index is 4.39. The fourth-order valence-electron chi connectivity index (χ4n) is 7.64. The lowest BCUT2D eigenvalue weighted by atomic mass is 10.1. The first kappa shape index (κ1) is 60.4. The van der Waals surface area contributed by atoms with E-state index in [0.717, 1.165) is 89.9 Å². The molecule has 1 atom stereocenters. The van der Waals surface area contributed by atoms with Crippen molar-refractivity contribution in [2.75, 3.05) is 13.2 Å². The Morgan fingerprint density at radius 1 is 0.317 bits per heavy atom. The number of rotatable bonds is 49. The highest BCUT2D eigenvalue weighted by molar-refractivity contribution is 5.71. The summed E-state index contributed by atoms with van der Waals surface area (Å²) in [7, 11) is 0. The van der Waals surface area contributed by atoms with E-state index in [1.807, 2.05) is 0 Å². The van der Waals surface area contributed by atoms with Gasteiger partial charge in [-0.05, 0) is 103 Å². The minimum atomic E-state index is -0.784. The van der Waals surface area contributed by atoms with Gasteiger partial charge < -0.3 is 14.2 Å². The summed E-state index contributed by atoms with van der Waals surface area (Å²) >= 11 is 0. The van der Waals surface area contributed by atoms with Gasteiger partial charge in [-0.2, -0.15) is 0 Å². The molecule has 0 unspecified atom stereocenters. The molecule has 0 rings (SSSR count). The predicted octanol–water partition coefficient (Wildman–Crippen LogP) is 17.9. The second kappa shape index (κ2) is 52.0. The quantitative estimate of drug-likeness (QED) is 0.0262. The fourth-order valence-corrected chi connectivity index (χ4v) is 7.64. The van der Waals surface area contributed by atoms with Gasteiger partial charge in [0.25, 0.3) is 0 Å². The van der Waals surface area contributed by atoms with Crippen LogP contribution in [-0.2, 0) is 28.6 Å². The van der Waals surface area contributed by atoms with Crippen molar-refractivity contribution in [2.45, 2.75) is 284 Å². The van der Waals surface area contributed by atoms with Crippen LogP contribution in [0.4, 0.5) is 0 Å². The Labute approximate surface area is 390 Å². The van der Waals surface area contributed by atoms with E-state index in [9.17, 15) is 14.4 Å². The molecule has 0 aliphatic heterocycles. The Kier molecular flexibility index (Phi) is 49.8.